The van der Waals surface area contributed by atoms with E-state index in [0.717, 1.165) is 18.2 Å². The van der Waals surface area contributed by atoms with E-state index in [1.54, 1.807) is 13.8 Å². The van der Waals surface area contributed by atoms with Gasteiger partial charge in [0.25, 0.3) is 5.91 Å². The number of hydrogen-bond donors (Lipinski definition) is 3. The fourth-order valence-corrected chi connectivity index (χ4v) is 5.52. The molecule has 0 saturated carbocycles. The lowest BCUT2D eigenvalue weighted by atomic mass is 9.95. The third-order valence-corrected chi connectivity index (χ3v) is 7.65. The van der Waals surface area contributed by atoms with Gasteiger partial charge in [0.05, 0.1) is 17.8 Å². The van der Waals surface area contributed by atoms with Crippen LogP contribution in [0.5, 0.6) is 5.75 Å². The molecule has 2 heterocycles. The Morgan fingerprint density at radius 2 is 1.65 bits per heavy atom. The number of benzene rings is 2. The van der Waals surface area contributed by atoms with E-state index in [1.807, 2.05) is 27.7 Å². The van der Waals surface area contributed by atoms with Gasteiger partial charge in [-0.05, 0) is 72.2 Å². The number of carbonyl (C=O) groups excluding carboxylic acids is 3. The maximum atomic E-state index is 15.2. The summed E-state index contributed by atoms with van der Waals surface area (Å²) in [6.45, 7) is 13.2. The van der Waals surface area contributed by atoms with Gasteiger partial charge in [0, 0.05) is 42.3 Å². The minimum absolute atomic E-state index is 0.0209. The van der Waals surface area contributed by atoms with Crippen molar-refractivity contribution < 1.29 is 41.1 Å². The van der Waals surface area contributed by atoms with Crippen molar-refractivity contribution >= 4 is 35.4 Å². The number of urea groups is 1. The highest BCUT2D eigenvalue weighted by atomic mass is 19.4. The van der Waals surface area contributed by atoms with Crippen LogP contribution in [0.1, 0.15) is 63.0 Å². The van der Waals surface area contributed by atoms with Gasteiger partial charge in [-0.1, -0.05) is 12.1 Å². The number of carbonyl (C=O) groups is 3. The molecule has 0 saturated heterocycles. The van der Waals surface area contributed by atoms with Gasteiger partial charge < -0.3 is 20.7 Å². The SMILES string of the molecule is Cc1ccc(C(=O)NC(C)C)c(OC(=O)C(F)(F)F)c1-c1nc(NCCN(C(C)C)C(C)C)nc2c1CNC(=O)N2c1c(F)cccc1F. The summed E-state index contributed by atoms with van der Waals surface area (Å²) in [5.74, 6) is -6.80. The smallest absolute Gasteiger partial charge is 0.418 e. The number of alkyl halides is 3. The Kier molecular flexibility index (Phi) is 11.1. The quantitative estimate of drug-likeness (QED) is 0.123. The van der Waals surface area contributed by atoms with Gasteiger partial charge in [-0.2, -0.15) is 18.2 Å². The molecule has 3 N–H and O–H groups in total. The molecule has 1 aromatic heterocycles. The second-order valence-corrected chi connectivity index (χ2v) is 12.3. The van der Waals surface area contributed by atoms with Gasteiger partial charge in [0.1, 0.15) is 17.3 Å². The Hall–Kier alpha value is -4.86. The predicted octanol–water partition coefficient (Wildman–Crippen LogP) is 6.23. The standard InChI is InChI=1S/C33H38F5N7O4/c1-16(2)41-29(46)20-12-11-19(7)24(27(20)49-30(47)33(36,37)38)25-21-15-40-32(48)45(26-22(34)9-8-10-23(26)35)28(21)43-31(42-25)39-13-14-44(17(3)4)18(5)6/h8-12,16-18H,13-15H2,1-7H3,(H,40,48)(H,41,46)(H,39,42,43). The zero-order valence-corrected chi connectivity index (χ0v) is 28.1. The molecule has 0 unspecified atom stereocenters. The Morgan fingerprint density at radius 3 is 2.22 bits per heavy atom. The lowest BCUT2D eigenvalue weighted by molar-refractivity contribution is -0.189. The van der Waals surface area contributed by atoms with Crippen molar-refractivity contribution in [1.29, 1.82) is 0 Å². The van der Waals surface area contributed by atoms with E-state index in [2.05, 4.69) is 30.8 Å². The average molecular weight is 692 g/mol. The van der Waals surface area contributed by atoms with Gasteiger partial charge in [-0.15, -0.1) is 0 Å². The van der Waals surface area contributed by atoms with E-state index >= 15 is 8.78 Å². The summed E-state index contributed by atoms with van der Waals surface area (Å²) in [7, 11) is 0. The molecular formula is C33H38F5N7O4. The number of para-hydroxylation sites is 1. The highest BCUT2D eigenvalue weighted by molar-refractivity contribution is 6.04. The van der Waals surface area contributed by atoms with Crippen molar-refractivity contribution in [2.75, 3.05) is 23.3 Å². The predicted molar refractivity (Wildman–Crippen MR) is 173 cm³/mol. The van der Waals surface area contributed by atoms with Crippen molar-refractivity contribution in [3.63, 3.8) is 0 Å². The molecule has 4 rings (SSSR count). The molecule has 2 aromatic carbocycles. The van der Waals surface area contributed by atoms with Crippen molar-refractivity contribution in [2.24, 2.45) is 0 Å². The number of fused-ring (bicyclic) bond motifs is 1. The monoisotopic (exact) mass is 691 g/mol. The van der Waals surface area contributed by atoms with Crippen LogP contribution >= 0.6 is 0 Å². The summed E-state index contributed by atoms with van der Waals surface area (Å²) in [6, 6.07) is 4.59. The molecule has 0 radical (unpaired) electrons. The Bertz CT molecular complexity index is 1720. The number of nitrogens with zero attached hydrogens (tertiary/aromatic N) is 4. The first-order valence-electron chi connectivity index (χ1n) is 15.6. The Balaban J connectivity index is 2.02. The van der Waals surface area contributed by atoms with E-state index < -0.39 is 58.8 Å². The van der Waals surface area contributed by atoms with Gasteiger partial charge in [0.15, 0.2) is 11.6 Å². The van der Waals surface area contributed by atoms with Crippen LogP contribution in [0, 0.1) is 18.6 Å². The minimum atomic E-state index is -5.43. The number of halogens is 5. The van der Waals surface area contributed by atoms with E-state index in [4.69, 9.17) is 4.74 Å². The molecule has 1 aliphatic rings. The molecule has 3 amide bonds. The van der Waals surface area contributed by atoms with E-state index in [1.165, 1.54) is 19.1 Å². The largest absolute Gasteiger partial charge is 0.491 e. The number of ether oxygens (including phenoxy) is 1. The van der Waals surface area contributed by atoms with Crippen LogP contribution in [0.3, 0.4) is 0 Å². The average Bonchev–Trinajstić information content (AvgIpc) is 2.98. The number of nitrogens with one attached hydrogen (secondary N) is 3. The molecule has 11 nitrogen and oxygen atoms in total. The number of rotatable bonds is 11. The molecule has 3 aromatic rings. The summed E-state index contributed by atoms with van der Waals surface area (Å²) < 4.78 is 76.0. The van der Waals surface area contributed by atoms with Crippen LogP contribution in [0.4, 0.5) is 44.2 Å². The topological polar surface area (TPSA) is 129 Å². The first kappa shape index (κ1) is 37.0. The van der Waals surface area contributed by atoms with Crippen molar-refractivity contribution in [3.8, 4) is 17.0 Å². The molecule has 0 fully saturated rings. The highest BCUT2D eigenvalue weighted by Gasteiger charge is 2.43. The summed E-state index contributed by atoms with van der Waals surface area (Å²) in [5.41, 5.74) is -1.27. The lowest BCUT2D eigenvalue weighted by Crippen LogP contribution is -2.43. The second-order valence-electron chi connectivity index (χ2n) is 12.3. The Labute approximate surface area is 280 Å². The van der Waals surface area contributed by atoms with Crippen LogP contribution in [-0.2, 0) is 11.3 Å². The van der Waals surface area contributed by atoms with Crippen LogP contribution in [-0.4, -0.2) is 70.2 Å². The molecule has 1 aliphatic heterocycles. The van der Waals surface area contributed by atoms with Crippen LogP contribution in [0.15, 0.2) is 30.3 Å². The molecule has 264 valence electrons. The Morgan fingerprint density at radius 1 is 1.02 bits per heavy atom. The molecule has 0 bridgehead atoms. The molecule has 0 spiro atoms. The second kappa shape index (κ2) is 14.7. The summed E-state index contributed by atoms with van der Waals surface area (Å²) in [5, 5.41) is 8.13. The minimum Gasteiger partial charge on any atom is -0.418 e. The fraction of sp³-hybridized carbons (Fsp3) is 0.424. The zero-order chi connectivity index (χ0) is 36.4. The lowest BCUT2D eigenvalue weighted by Gasteiger charge is -2.32. The summed E-state index contributed by atoms with van der Waals surface area (Å²) in [4.78, 5) is 50.6. The first-order chi connectivity index (χ1) is 22.9. The van der Waals surface area contributed by atoms with Crippen LogP contribution in [0.2, 0.25) is 0 Å². The summed E-state index contributed by atoms with van der Waals surface area (Å²) in [6.07, 6.45) is -5.43. The van der Waals surface area contributed by atoms with E-state index in [0.29, 0.717) is 11.4 Å². The van der Waals surface area contributed by atoms with Gasteiger partial charge in [-0.3, -0.25) is 9.69 Å². The first-order valence-corrected chi connectivity index (χ1v) is 15.6. The van der Waals surface area contributed by atoms with Crippen LogP contribution in [0.25, 0.3) is 11.3 Å². The van der Waals surface area contributed by atoms with Gasteiger partial charge in [0.2, 0.25) is 5.95 Å². The zero-order valence-electron chi connectivity index (χ0n) is 28.1. The molecule has 0 atom stereocenters. The molecular weight excluding hydrogens is 653 g/mol. The van der Waals surface area contributed by atoms with Crippen molar-refractivity contribution in [2.45, 2.75) is 79.3 Å². The van der Waals surface area contributed by atoms with Crippen LogP contribution < -0.4 is 25.6 Å². The number of aryl methyl sites for hydroxylation is 1. The fourth-order valence-electron chi connectivity index (χ4n) is 5.52. The van der Waals surface area contributed by atoms with Crippen molar-refractivity contribution in [3.05, 3.63) is 58.7 Å². The van der Waals surface area contributed by atoms with E-state index in [-0.39, 0.29) is 59.3 Å². The summed E-state index contributed by atoms with van der Waals surface area (Å²) >= 11 is 0. The molecule has 16 heteroatoms. The number of anilines is 3. The maximum absolute atomic E-state index is 15.2. The molecule has 49 heavy (non-hydrogen) atoms. The normalized spacial score (nSPS) is 13.2. The van der Waals surface area contributed by atoms with Gasteiger partial charge in [-0.25, -0.2) is 28.3 Å². The third kappa shape index (κ3) is 8.07. The van der Waals surface area contributed by atoms with E-state index in [9.17, 15) is 27.6 Å². The third-order valence-electron chi connectivity index (χ3n) is 7.65. The molecule has 0 aliphatic carbocycles. The highest BCUT2D eigenvalue weighted by Crippen LogP contribution is 2.43. The van der Waals surface area contributed by atoms with Crippen molar-refractivity contribution in [1.82, 2.24) is 25.5 Å². The number of aromatic nitrogens is 2. The number of hydrogen-bond acceptors (Lipinski definition) is 8. The van der Waals surface area contributed by atoms with Gasteiger partial charge >= 0.3 is 18.2 Å². The number of amides is 3. The maximum Gasteiger partial charge on any atom is 0.491 e. The number of esters is 1.